The number of thioether (sulfide) groups is 1. The lowest BCUT2D eigenvalue weighted by molar-refractivity contribution is -0.137. The topological polar surface area (TPSA) is 37.4 Å². The minimum atomic E-state index is -0.0223. The number of unbranched alkanes of at least 4 members (excludes halogenated alkanes) is 1. The van der Waals surface area contributed by atoms with Gasteiger partial charge in [-0.3, -0.25) is 9.59 Å². The largest absolute Gasteiger partial charge is 0.306 e. The predicted molar refractivity (Wildman–Crippen MR) is 60.3 cm³/mol. The second-order valence-corrected chi connectivity index (χ2v) is 5.25. The second kappa shape index (κ2) is 4.39. The highest BCUT2D eigenvalue weighted by molar-refractivity contribution is 8.01. The standard InChI is InChI=1S/C11H15NO2S/c1-2-3-4-8(13)9-5-6-12-10(14)7-11(12)15-9/h5-6,9,11H,2-4,7H2,1H3/t9?,11-/m1/s1. The molecule has 15 heavy (non-hydrogen) atoms. The molecule has 2 heterocycles. The van der Waals surface area contributed by atoms with Gasteiger partial charge >= 0.3 is 0 Å². The lowest BCUT2D eigenvalue weighted by atomic mass is 10.1. The molecule has 0 aromatic heterocycles. The van der Waals surface area contributed by atoms with Gasteiger partial charge in [0, 0.05) is 12.6 Å². The third kappa shape index (κ3) is 2.09. The van der Waals surface area contributed by atoms with Gasteiger partial charge in [-0.05, 0) is 12.5 Å². The average molecular weight is 225 g/mol. The average Bonchev–Trinajstić information content (AvgIpc) is 2.23. The van der Waals surface area contributed by atoms with Gasteiger partial charge in [0.1, 0.15) is 5.78 Å². The molecule has 0 N–H and O–H groups in total. The molecule has 0 bridgehead atoms. The van der Waals surface area contributed by atoms with Crippen LogP contribution in [-0.4, -0.2) is 27.2 Å². The third-order valence-electron chi connectivity index (χ3n) is 2.77. The van der Waals surface area contributed by atoms with Crippen molar-refractivity contribution < 1.29 is 9.59 Å². The number of nitrogens with zero attached hydrogens (tertiary/aromatic N) is 1. The van der Waals surface area contributed by atoms with Crippen LogP contribution < -0.4 is 0 Å². The van der Waals surface area contributed by atoms with Crippen LogP contribution in [0.1, 0.15) is 32.6 Å². The van der Waals surface area contributed by atoms with E-state index in [9.17, 15) is 9.59 Å². The smallest absolute Gasteiger partial charge is 0.230 e. The number of hydrogen-bond acceptors (Lipinski definition) is 3. The molecule has 2 atom stereocenters. The lowest BCUT2D eigenvalue weighted by Crippen LogP contribution is -2.50. The minimum absolute atomic E-state index is 0.0223. The quantitative estimate of drug-likeness (QED) is 0.686. The Labute approximate surface area is 93.9 Å². The van der Waals surface area contributed by atoms with E-state index in [-0.39, 0.29) is 16.5 Å². The fourth-order valence-corrected chi connectivity index (χ4v) is 3.08. The molecule has 2 aliphatic rings. The van der Waals surface area contributed by atoms with Crippen LogP contribution in [0.25, 0.3) is 0 Å². The molecule has 1 saturated heterocycles. The summed E-state index contributed by atoms with van der Waals surface area (Å²) >= 11 is 1.61. The van der Waals surface area contributed by atoms with Gasteiger partial charge in [0.05, 0.1) is 17.0 Å². The van der Waals surface area contributed by atoms with E-state index in [1.54, 1.807) is 22.9 Å². The first-order chi connectivity index (χ1) is 7.22. The molecule has 4 heteroatoms. The van der Waals surface area contributed by atoms with Crippen molar-refractivity contribution in [3.63, 3.8) is 0 Å². The number of carbonyl (C=O) groups is 2. The zero-order valence-corrected chi connectivity index (χ0v) is 9.63. The van der Waals surface area contributed by atoms with Crippen LogP contribution in [0.2, 0.25) is 0 Å². The molecule has 0 aliphatic carbocycles. The SMILES string of the molecule is CCCCC(=O)C1C=CN2C(=O)C[C@H]2S1. The summed E-state index contributed by atoms with van der Waals surface area (Å²) < 4.78 is 0. The van der Waals surface area contributed by atoms with Crippen molar-refractivity contribution in [2.75, 3.05) is 0 Å². The van der Waals surface area contributed by atoms with Crippen LogP contribution in [0.15, 0.2) is 12.3 Å². The molecule has 0 radical (unpaired) electrons. The molecule has 0 aromatic rings. The molecule has 2 rings (SSSR count). The molecule has 0 aromatic carbocycles. The number of rotatable bonds is 4. The van der Waals surface area contributed by atoms with Crippen LogP contribution >= 0.6 is 11.8 Å². The molecular weight excluding hydrogens is 210 g/mol. The van der Waals surface area contributed by atoms with E-state index in [2.05, 4.69) is 6.92 Å². The number of Topliss-reactive ketones (excluding diaryl/α,β-unsaturated/α-hetero) is 1. The van der Waals surface area contributed by atoms with Crippen molar-refractivity contribution in [2.24, 2.45) is 0 Å². The normalized spacial score (nSPS) is 28.6. The van der Waals surface area contributed by atoms with E-state index < -0.39 is 0 Å². The van der Waals surface area contributed by atoms with E-state index in [0.717, 1.165) is 12.8 Å². The summed E-state index contributed by atoms with van der Waals surface area (Å²) in [5.74, 6) is 0.473. The van der Waals surface area contributed by atoms with Gasteiger partial charge in [0.25, 0.3) is 0 Å². The number of β-lactam (4-membered cyclic amide) rings is 1. The molecule has 0 spiro atoms. The summed E-state index contributed by atoms with van der Waals surface area (Å²) in [4.78, 5) is 24.5. The predicted octanol–water partition coefficient (Wildman–Crippen LogP) is 1.93. The zero-order valence-electron chi connectivity index (χ0n) is 8.81. The van der Waals surface area contributed by atoms with E-state index >= 15 is 0 Å². The van der Waals surface area contributed by atoms with E-state index in [4.69, 9.17) is 0 Å². The van der Waals surface area contributed by atoms with Gasteiger partial charge in [-0.25, -0.2) is 0 Å². The summed E-state index contributed by atoms with van der Waals surface area (Å²) in [6.07, 6.45) is 6.92. The van der Waals surface area contributed by atoms with Gasteiger partial charge in [-0.1, -0.05) is 13.3 Å². The van der Waals surface area contributed by atoms with Crippen molar-refractivity contribution in [3.8, 4) is 0 Å². The number of hydrogen-bond donors (Lipinski definition) is 0. The number of carbonyl (C=O) groups excluding carboxylic acids is 2. The Morgan fingerprint density at radius 3 is 3.07 bits per heavy atom. The first-order valence-electron chi connectivity index (χ1n) is 5.40. The first-order valence-corrected chi connectivity index (χ1v) is 6.34. The zero-order chi connectivity index (χ0) is 10.8. The van der Waals surface area contributed by atoms with Gasteiger partial charge in [-0.15, -0.1) is 11.8 Å². The van der Waals surface area contributed by atoms with Crippen molar-refractivity contribution in [3.05, 3.63) is 12.3 Å². The van der Waals surface area contributed by atoms with Crippen molar-refractivity contribution >= 4 is 23.5 Å². The van der Waals surface area contributed by atoms with Crippen molar-refractivity contribution in [1.29, 1.82) is 0 Å². The Morgan fingerprint density at radius 2 is 2.47 bits per heavy atom. The summed E-state index contributed by atoms with van der Waals surface area (Å²) in [7, 11) is 0. The first kappa shape index (κ1) is 10.7. The van der Waals surface area contributed by atoms with Crippen LogP contribution in [0.4, 0.5) is 0 Å². The maximum absolute atomic E-state index is 11.7. The van der Waals surface area contributed by atoms with Crippen molar-refractivity contribution in [2.45, 2.75) is 43.2 Å². The maximum Gasteiger partial charge on any atom is 0.230 e. The fraction of sp³-hybridized carbons (Fsp3) is 0.636. The summed E-state index contributed by atoms with van der Waals surface area (Å²) in [6.45, 7) is 2.09. The molecule has 2 aliphatic heterocycles. The Hall–Kier alpha value is -0.770. The molecule has 0 saturated carbocycles. The third-order valence-corrected chi connectivity index (χ3v) is 4.19. The van der Waals surface area contributed by atoms with Crippen LogP contribution in [-0.2, 0) is 9.59 Å². The Balaban J connectivity index is 1.90. The lowest BCUT2D eigenvalue weighted by Gasteiger charge is -2.41. The molecule has 1 unspecified atom stereocenters. The van der Waals surface area contributed by atoms with Crippen LogP contribution in [0.5, 0.6) is 0 Å². The molecule has 3 nitrogen and oxygen atoms in total. The maximum atomic E-state index is 11.7. The van der Waals surface area contributed by atoms with E-state index in [0.29, 0.717) is 18.6 Å². The Morgan fingerprint density at radius 1 is 1.67 bits per heavy atom. The molecule has 82 valence electrons. The van der Waals surface area contributed by atoms with Crippen LogP contribution in [0.3, 0.4) is 0 Å². The van der Waals surface area contributed by atoms with Crippen molar-refractivity contribution in [1.82, 2.24) is 4.90 Å². The summed E-state index contributed by atoms with van der Waals surface area (Å²) in [5.41, 5.74) is 0. The summed E-state index contributed by atoms with van der Waals surface area (Å²) in [6, 6.07) is 0. The fourth-order valence-electron chi connectivity index (χ4n) is 1.76. The molecule has 1 fully saturated rings. The second-order valence-electron chi connectivity index (χ2n) is 3.93. The Bertz CT molecular complexity index is 314. The number of ketones is 1. The van der Waals surface area contributed by atoms with Gasteiger partial charge in [0.2, 0.25) is 5.91 Å². The van der Waals surface area contributed by atoms with Gasteiger partial charge < -0.3 is 4.90 Å². The number of fused-ring (bicyclic) bond motifs is 1. The summed E-state index contributed by atoms with van der Waals surface area (Å²) in [5, 5.41) is 0.198. The highest BCUT2D eigenvalue weighted by Gasteiger charge is 2.40. The monoisotopic (exact) mass is 225 g/mol. The highest BCUT2D eigenvalue weighted by Crippen LogP contribution is 2.37. The molecular formula is C11H15NO2S. The van der Waals surface area contributed by atoms with Gasteiger partial charge in [0.15, 0.2) is 0 Å². The van der Waals surface area contributed by atoms with Gasteiger partial charge in [-0.2, -0.15) is 0 Å². The van der Waals surface area contributed by atoms with E-state index in [1.165, 1.54) is 0 Å². The molecule has 1 amide bonds. The highest BCUT2D eigenvalue weighted by atomic mass is 32.2. The van der Waals surface area contributed by atoms with Crippen LogP contribution in [0, 0.1) is 0 Å². The number of amides is 1. The minimum Gasteiger partial charge on any atom is -0.306 e. The Kier molecular flexibility index (Phi) is 3.14. The van der Waals surface area contributed by atoms with E-state index in [1.807, 2.05) is 6.08 Å².